The Labute approximate surface area is 201 Å². The minimum Gasteiger partial charge on any atom is -0.444 e. The number of aliphatic hydroxyl groups excluding tert-OH is 2. The van der Waals surface area contributed by atoms with Crippen molar-refractivity contribution >= 4 is 17.9 Å². The highest BCUT2D eigenvalue weighted by Crippen LogP contribution is 2.23. The molecule has 0 bridgehead atoms. The summed E-state index contributed by atoms with van der Waals surface area (Å²) < 4.78 is 5.18. The van der Waals surface area contributed by atoms with Crippen LogP contribution >= 0.6 is 0 Å². The van der Waals surface area contributed by atoms with Crippen LogP contribution in [0.1, 0.15) is 64.6 Å². The molecule has 34 heavy (non-hydrogen) atoms. The largest absolute Gasteiger partial charge is 0.444 e. The van der Waals surface area contributed by atoms with Crippen molar-refractivity contribution < 1.29 is 29.3 Å². The lowest BCUT2D eigenvalue weighted by molar-refractivity contribution is -0.144. The summed E-state index contributed by atoms with van der Waals surface area (Å²) in [5, 5.41) is 24.8. The van der Waals surface area contributed by atoms with Crippen LogP contribution in [0.25, 0.3) is 0 Å². The van der Waals surface area contributed by atoms with E-state index in [-0.39, 0.29) is 12.6 Å². The van der Waals surface area contributed by atoms with Crippen LogP contribution in [-0.2, 0) is 14.3 Å². The Morgan fingerprint density at radius 2 is 1.76 bits per heavy atom. The molecule has 0 aliphatic carbocycles. The Morgan fingerprint density at radius 1 is 1.15 bits per heavy atom. The van der Waals surface area contributed by atoms with Crippen molar-refractivity contribution in [3.8, 4) is 12.3 Å². The normalized spacial score (nSPS) is 13.7. The van der Waals surface area contributed by atoms with Crippen LogP contribution in [0.4, 0.5) is 4.79 Å². The van der Waals surface area contributed by atoms with Crippen LogP contribution in [0.15, 0.2) is 24.3 Å². The zero-order chi connectivity index (χ0) is 25.9. The molecule has 9 nitrogen and oxygen atoms in total. The average Bonchev–Trinajstić information content (AvgIpc) is 2.76. The quantitative estimate of drug-likeness (QED) is 0.361. The SMILES string of the molecule is C#Cc1ccc(C(C(=O)NC(C)CCC)N(CCO)C(=O)C(CO)NC(=O)OC(C)(C)C)cc1. The minimum absolute atomic E-state index is 0.149. The van der Waals surface area contributed by atoms with Crippen molar-refractivity contribution in [3.05, 3.63) is 35.4 Å². The number of terminal acetylenes is 1. The van der Waals surface area contributed by atoms with E-state index >= 15 is 0 Å². The molecule has 1 rings (SSSR count). The van der Waals surface area contributed by atoms with Crippen LogP contribution in [0.3, 0.4) is 0 Å². The fourth-order valence-electron chi connectivity index (χ4n) is 3.37. The van der Waals surface area contributed by atoms with Crippen molar-refractivity contribution in [1.82, 2.24) is 15.5 Å². The van der Waals surface area contributed by atoms with Crippen LogP contribution < -0.4 is 10.6 Å². The zero-order valence-electron chi connectivity index (χ0n) is 20.6. The van der Waals surface area contributed by atoms with Gasteiger partial charge in [-0.15, -0.1) is 6.42 Å². The number of carbonyl (C=O) groups excluding carboxylic acids is 3. The standard InChI is InChI=1S/C25H37N3O6/c1-7-9-17(3)26-22(31)21(19-12-10-18(8-2)11-13-19)28(14-15-29)23(32)20(16-30)27-24(33)34-25(4,5)6/h2,10-13,17,20-21,29-30H,7,9,14-16H2,1,3-6H3,(H,26,31)(H,27,33). The summed E-state index contributed by atoms with van der Waals surface area (Å²) in [5.74, 6) is 1.30. The van der Waals surface area contributed by atoms with Crippen molar-refractivity contribution in [2.24, 2.45) is 0 Å². The molecule has 3 atom stereocenters. The third-order valence-electron chi connectivity index (χ3n) is 4.86. The number of alkyl carbamates (subject to hydrolysis) is 1. The molecule has 3 amide bonds. The Kier molecular flexibility index (Phi) is 11.6. The summed E-state index contributed by atoms with van der Waals surface area (Å²) in [6.07, 6.45) is 6.14. The van der Waals surface area contributed by atoms with Gasteiger partial charge in [0.05, 0.1) is 13.2 Å². The van der Waals surface area contributed by atoms with E-state index in [0.717, 1.165) is 17.7 Å². The van der Waals surface area contributed by atoms with Crippen molar-refractivity contribution in [2.75, 3.05) is 19.8 Å². The summed E-state index contributed by atoms with van der Waals surface area (Å²) in [4.78, 5) is 40.1. The molecular formula is C25H37N3O6. The summed E-state index contributed by atoms with van der Waals surface area (Å²) in [6.45, 7) is 7.48. The maximum atomic E-state index is 13.4. The second-order valence-electron chi connectivity index (χ2n) is 9.00. The van der Waals surface area contributed by atoms with Gasteiger partial charge >= 0.3 is 6.09 Å². The minimum atomic E-state index is -1.38. The maximum absolute atomic E-state index is 13.4. The zero-order valence-corrected chi connectivity index (χ0v) is 20.6. The monoisotopic (exact) mass is 475 g/mol. The average molecular weight is 476 g/mol. The van der Waals surface area contributed by atoms with E-state index in [9.17, 15) is 24.6 Å². The summed E-state index contributed by atoms with van der Waals surface area (Å²) in [7, 11) is 0. The third kappa shape index (κ3) is 9.04. The fraction of sp³-hybridized carbons (Fsp3) is 0.560. The lowest BCUT2D eigenvalue weighted by Gasteiger charge is -2.34. The molecule has 0 heterocycles. The number of amides is 3. The smallest absolute Gasteiger partial charge is 0.408 e. The van der Waals surface area contributed by atoms with E-state index in [0.29, 0.717) is 11.1 Å². The van der Waals surface area contributed by atoms with Gasteiger partial charge in [0.1, 0.15) is 17.7 Å². The first-order valence-corrected chi connectivity index (χ1v) is 11.4. The number of hydrogen-bond donors (Lipinski definition) is 4. The van der Waals surface area contributed by atoms with Gasteiger partial charge in [-0.25, -0.2) is 4.79 Å². The number of hydrogen-bond acceptors (Lipinski definition) is 6. The molecule has 1 aromatic carbocycles. The van der Waals surface area contributed by atoms with Crippen LogP contribution in [0, 0.1) is 12.3 Å². The van der Waals surface area contributed by atoms with E-state index in [4.69, 9.17) is 11.2 Å². The van der Waals surface area contributed by atoms with E-state index in [1.54, 1.807) is 45.0 Å². The number of benzene rings is 1. The molecule has 0 aliphatic rings. The fourth-order valence-corrected chi connectivity index (χ4v) is 3.37. The third-order valence-corrected chi connectivity index (χ3v) is 4.86. The highest BCUT2D eigenvalue weighted by atomic mass is 16.6. The Hall–Kier alpha value is -3.09. The van der Waals surface area contributed by atoms with E-state index in [1.165, 1.54) is 0 Å². The number of nitrogens with one attached hydrogen (secondary N) is 2. The Balaban J connectivity index is 3.34. The molecule has 0 aliphatic heterocycles. The van der Waals surface area contributed by atoms with Gasteiger partial charge in [0, 0.05) is 18.2 Å². The Bertz CT molecular complexity index is 857. The number of ether oxygens (including phenoxy) is 1. The second-order valence-corrected chi connectivity index (χ2v) is 9.00. The molecule has 0 radical (unpaired) electrons. The van der Waals surface area contributed by atoms with Gasteiger partial charge in [-0.05, 0) is 51.8 Å². The topological polar surface area (TPSA) is 128 Å². The molecule has 0 saturated carbocycles. The van der Waals surface area contributed by atoms with Gasteiger partial charge in [0.15, 0.2) is 0 Å². The first-order chi connectivity index (χ1) is 16.0. The van der Waals surface area contributed by atoms with Crippen molar-refractivity contribution in [2.45, 2.75) is 71.2 Å². The molecule has 4 N–H and O–H groups in total. The first-order valence-electron chi connectivity index (χ1n) is 11.4. The number of nitrogens with zero attached hydrogens (tertiary/aromatic N) is 1. The first kappa shape index (κ1) is 28.9. The molecule has 0 aromatic heterocycles. The number of aliphatic hydroxyl groups is 2. The molecule has 3 unspecified atom stereocenters. The van der Waals surface area contributed by atoms with Gasteiger partial charge in [0.2, 0.25) is 11.8 Å². The van der Waals surface area contributed by atoms with Crippen LogP contribution in [0.2, 0.25) is 0 Å². The van der Waals surface area contributed by atoms with Crippen LogP contribution in [-0.4, -0.2) is 70.5 Å². The Morgan fingerprint density at radius 3 is 2.24 bits per heavy atom. The molecule has 0 saturated heterocycles. The second kappa shape index (κ2) is 13.6. The molecule has 0 spiro atoms. The highest BCUT2D eigenvalue weighted by Gasteiger charge is 2.36. The number of carbonyl (C=O) groups is 3. The maximum Gasteiger partial charge on any atom is 0.408 e. The predicted octanol–water partition coefficient (Wildman–Crippen LogP) is 1.72. The van der Waals surface area contributed by atoms with Crippen molar-refractivity contribution in [1.29, 1.82) is 0 Å². The predicted molar refractivity (Wildman–Crippen MR) is 129 cm³/mol. The van der Waals surface area contributed by atoms with E-state index in [2.05, 4.69) is 16.6 Å². The van der Waals surface area contributed by atoms with Gasteiger partial charge in [-0.3, -0.25) is 9.59 Å². The molecule has 9 heteroatoms. The van der Waals surface area contributed by atoms with E-state index < -0.39 is 48.8 Å². The molecule has 188 valence electrons. The molecular weight excluding hydrogens is 438 g/mol. The van der Waals surface area contributed by atoms with Gasteiger partial charge in [0.25, 0.3) is 0 Å². The summed E-state index contributed by atoms with van der Waals surface area (Å²) >= 11 is 0. The highest BCUT2D eigenvalue weighted by molar-refractivity contribution is 5.92. The summed E-state index contributed by atoms with van der Waals surface area (Å²) in [5.41, 5.74) is 0.257. The molecule has 0 fully saturated rings. The van der Waals surface area contributed by atoms with E-state index in [1.807, 2.05) is 13.8 Å². The van der Waals surface area contributed by atoms with Crippen LogP contribution in [0.5, 0.6) is 0 Å². The lowest BCUT2D eigenvalue weighted by atomic mass is 10.0. The lowest BCUT2D eigenvalue weighted by Crippen LogP contribution is -2.55. The number of rotatable bonds is 11. The van der Waals surface area contributed by atoms with Gasteiger partial charge in [-0.1, -0.05) is 31.4 Å². The van der Waals surface area contributed by atoms with Crippen molar-refractivity contribution in [3.63, 3.8) is 0 Å². The molecule has 1 aromatic rings. The van der Waals surface area contributed by atoms with Gasteiger partial charge in [-0.2, -0.15) is 0 Å². The summed E-state index contributed by atoms with van der Waals surface area (Å²) in [6, 6.07) is 3.91. The van der Waals surface area contributed by atoms with Gasteiger partial charge < -0.3 is 30.5 Å².